The summed E-state index contributed by atoms with van der Waals surface area (Å²) in [6, 6.07) is 17.5. The van der Waals surface area contributed by atoms with Crippen LogP contribution in [0.15, 0.2) is 60.2 Å². The average Bonchev–Trinajstić information content (AvgIpc) is 2.53. The number of carbonyl (C=O) groups excluding carboxylic acids is 1. The largest absolute Gasteiger partial charge is 0.466 e. The second-order valence-corrected chi connectivity index (χ2v) is 5.13. The summed E-state index contributed by atoms with van der Waals surface area (Å²) in [4.78, 5) is 11.9. The number of rotatable bonds is 5. The fraction of sp³-hybridized carbons (Fsp3) is 0.167. The quantitative estimate of drug-likeness (QED) is 0.599. The monoisotopic (exact) mass is 300 g/mol. The van der Waals surface area contributed by atoms with Crippen LogP contribution in [-0.4, -0.2) is 13.1 Å². The molecule has 0 spiro atoms. The summed E-state index contributed by atoms with van der Waals surface area (Å²) >= 11 is 5.87. The van der Waals surface area contributed by atoms with Gasteiger partial charge in [0.15, 0.2) is 0 Å². The van der Waals surface area contributed by atoms with Gasteiger partial charge in [-0.1, -0.05) is 54.1 Å². The van der Waals surface area contributed by atoms with Crippen LogP contribution in [0.2, 0.25) is 5.02 Å². The van der Waals surface area contributed by atoms with Crippen LogP contribution in [0, 0.1) is 0 Å². The van der Waals surface area contributed by atoms with Crippen molar-refractivity contribution >= 4 is 23.6 Å². The van der Waals surface area contributed by atoms with E-state index in [1.807, 2.05) is 36.4 Å². The van der Waals surface area contributed by atoms with E-state index in [-0.39, 0.29) is 5.97 Å². The van der Waals surface area contributed by atoms with Crippen LogP contribution < -0.4 is 0 Å². The van der Waals surface area contributed by atoms with Gasteiger partial charge in [-0.15, -0.1) is 0 Å². The van der Waals surface area contributed by atoms with E-state index in [4.69, 9.17) is 16.3 Å². The van der Waals surface area contributed by atoms with Gasteiger partial charge in [-0.25, -0.2) is 4.79 Å². The predicted molar refractivity (Wildman–Crippen MR) is 86.2 cm³/mol. The summed E-state index contributed by atoms with van der Waals surface area (Å²) < 4.78 is 4.86. The minimum absolute atomic E-state index is 0.291. The zero-order chi connectivity index (χ0) is 15.1. The highest BCUT2D eigenvalue weighted by Gasteiger charge is 2.10. The van der Waals surface area contributed by atoms with Crippen LogP contribution in [0.5, 0.6) is 0 Å². The molecule has 0 amide bonds. The number of methoxy groups -OCH3 is 1. The molecule has 21 heavy (non-hydrogen) atoms. The number of hydrogen-bond donors (Lipinski definition) is 0. The van der Waals surface area contributed by atoms with Gasteiger partial charge in [-0.3, -0.25) is 0 Å². The third-order valence-electron chi connectivity index (χ3n) is 3.18. The third-order valence-corrected chi connectivity index (χ3v) is 3.44. The second-order valence-electron chi connectivity index (χ2n) is 4.70. The van der Waals surface area contributed by atoms with E-state index in [0.717, 1.165) is 12.0 Å². The van der Waals surface area contributed by atoms with Crippen molar-refractivity contribution in [1.29, 1.82) is 0 Å². The molecule has 108 valence electrons. The third kappa shape index (κ3) is 4.76. The number of aryl methyl sites for hydroxylation is 1. The number of carbonyl (C=O) groups is 1. The van der Waals surface area contributed by atoms with Crippen LogP contribution in [0.4, 0.5) is 0 Å². The molecule has 0 saturated carbocycles. The lowest BCUT2D eigenvalue weighted by Gasteiger charge is -2.06. The molecule has 2 aromatic carbocycles. The Bertz CT molecular complexity index is 615. The summed E-state index contributed by atoms with van der Waals surface area (Å²) in [5, 5.41) is 0.677. The molecule has 2 rings (SSSR count). The van der Waals surface area contributed by atoms with Gasteiger partial charge in [0.05, 0.1) is 7.11 Å². The van der Waals surface area contributed by atoms with E-state index < -0.39 is 0 Å². The summed E-state index contributed by atoms with van der Waals surface area (Å²) in [6.45, 7) is 0. The molecule has 0 radical (unpaired) electrons. The highest BCUT2D eigenvalue weighted by molar-refractivity contribution is 6.30. The Kier molecular flexibility index (Phi) is 5.59. The van der Waals surface area contributed by atoms with Crippen molar-refractivity contribution in [1.82, 2.24) is 0 Å². The Balaban J connectivity index is 2.14. The molecule has 0 aliphatic rings. The fourth-order valence-electron chi connectivity index (χ4n) is 2.05. The van der Waals surface area contributed by atoms with E-state index in [0.29, 0.717) is 17.0 Å². The lowest BCUT2D eigenvalue weighted by atomic mass is 10.0. The van der Waals surface area contributed by atoms with Crippen LogP contribution in [0.25, 0.3) is 6.08 Å². The molecule has 0 fully saturated rings. The van der Waals surface area contributed by atoms with Crippen molar-refractivity contribution < 1.29 is 9.53 Å². The highest BCUT2D eigenvalue weighted by Crippen LogP contribution is 2.17. The Morgan fingerprint density at radius 1 is 1.10 bits per heavy atom. The van der Waals surface area contributed by atoms with Gasteiger partial charge in [0, 0.05) is 10.6 Å². The minimum Gasteiger partial charge on any atom is -0.466 e. The molecule has 0 bridgehead atoms. The first-order valence-corrected chi connectivity index (χ1v) is 7.15. The zero-order valence-corrected chi connectivity index (χ0v) is 12.6. The van der Waals surface area contributed by atoms with E-state index in [1.165, 1.54) is 12.7 Å². The number of esters is 1. The molecule has 0 N–H and O–H groups in total. The highest BCUT2D eigenvalue weighted by atomic mass is 35.5. The van der Waals surface area contributed by atoms with Gasteiger partial charge in [-0.05, 0) is 42.2 Å². The first-order chi connectivity index (χ1) is 10.2. The molecule has 0 aliphatic carbocycles. The summed E-state index contributed by atoms with van der Waals surface area (Å²) in [6.07, 6.45) is 3.29. The van der Waals surface area contributed by atoms with Crippen molar-refractivity contribution in [3.63, 3.8) is 0 Å². The summed E-state index contributed by atoms with van der Waals surface area (Å²) in [5.41, 5.74) is 2.79. The molecule has 0 aromatic heterocycles. The van der Waals surface area contributed by atoms with E-state index in [2.05, 4.69) is 12.1 Å². The van der Waals surface area contributed by atoms with Crippen LogP contribution in [0.1, 0.15) is 17.5 Å². The van der Waals surface area contributed by atoms with E-state index in [1.54, 1.807) is 12.1 Å². The Hall–Kier alpha value is -2.06. The molecular formula is C18H17ClO2. The molecule has 2 nitrogen and oxygen atoms in total. The maximum atomic E-state index is 11.9. The molecule has 2 aromatic rings. The van der Waals surface area contributed by atoms with Gasteiger partial charge >= 0.3 is 5.97 Å². The topological polar surface area (TPSA) is 26.3 Å². The standard InChI is InChI=1S/C18H17ClO2/c1-21-18(20)16(10-7-14-5-3-2-4-6-14)13-15-8-11-17(19)12-9-15/h2-6,8-9,11-13H,7,10H2,1H3. The van der Waals surface area contributed by atoms with Gasteiger partial charge in [0.25, 0.3) is 0 Å². The smallest absolute Gasteiger partial charge is 0.333 e. The van der Waals surface area contributed by atoms with Crippen molar-refractivity contribution in [2.24, 2.45) is 0 Å². The van der Waals surface area contributed by atoms with E-state index >= 15 is 0 Å². The lowest BCUT2D eigenvalue weighted by Crippen LogP contribution is -2.06. The van der Waals surface area contributed by atoms with Crippen molar-refractivity contribution in [3.05, 3.63) is 76.3 Å². The van der Waals surface area contributed by atoms with Gasteiger partial charge in [0.1, 0.15) is 0 Å². The van der Waals surface area contributed by atoms with Crippen molar-refractivity contribution in [3.8, 4) is 0 Å². The maximum absolute atomic E-state index is 11.9. The van der Waals surface area contributed by atoms with Crippen LogP contribution in [-0.2, 0) is 16.0 Å². The fourth-order valence-corrected chi connectivity index (χ4v) is 2.17. The van der Waals surface area contributed by atoms with Crippen LogP contribution in [0.3, 0.4) is 0 Å². The number of benzene rings is 2. The van der Waals surface area contributed by atoms with Crippen LogP contribution >= 0.6 is 11.6 Å². The summed E-state index contributed by atoms with van der Waals surface area (Å²) in [7, 11) is 1.40. The molecular weight excluding hydrogens is 284 g/mol. The second kappa shape index (κ2) is 7.65. The average molecular weight is 301 g/mol. The maximum Gasteiger partial charge on any atom is 0.333 e. The number of hydrogen-bond acceptors (Lipinski definition) is 2. The molecule has 0 saturated heterocycles. The summed E-state index contributed by atoms with van der Waals surface area (Å²) in [5.74, 6) is -0.291. The SMILES string of the molecule is COC(=O)C(=Cc1ccc(Cl)cc1)CCc1ccccc1. The Morgan fingerprint density at radius 2 is 1.76 bits per heavy atom. The van der Waals surface area contributed by atoms with Crippen molar-refractivity contribution in [2.75, 3.05) is 7.11 Å². The molecule has 0 aliphatic heterocycles. The molecule has 0 heterocycles. The first kappa shape index (κ1) is 15.3. The molecule has 0 unspecified atom stereocenters. The minimum atomic E-state index is -0.291. The molecule has 3 heteroatoms. The van der Waals surface area contributed by atoms with Crippen molar-refractivity contribution in [2.45, 2.75) is 12.8 Å². The Morgan fingerprint density at radius 3 is 2.38 bits per heavy atom. The van der Waals surface area contributed by atoms with Gasteiger partial charge in [0.2, 0.25) is 0 Å². The van der Waals surface area contributed by atoms with Gasteiger partial charge in [-0.2, -0.15) is 0 Å². The Labute approximate surface area is 130 Å². The zero-order valence-electron chi connectivity index (χ0n) is 11.9. The molecule has 0 atom stereocenters. The van der Waals surface area contributed by atoms with Gasteiger partial charge < -0.3 is 4.74 Å². The normalized spacial score (nSPS) is 11.2. The predicted octanol–water partition coefficient (Wildman–Crippen LogP) is 4.53. The lowest BCUT2D eigenvalue weighted by molar-refractivity contribution is -0.136. The first-order valence-electron chi connectivity index (χ1n) is 6.77. The van der Waals surface area contributed by atoms with E-state index in [9.17, 15) is 4.79 Å². The number of halogens is 1. The number of ether oxygens (including phenoxy) is 1.